The van der Waals surface area contributed by atoms with Crippen LogP contribution in [0.3, 0.4) is 0 Å². The van der Waals surface area contributed by atoms with Crippen LogP contribution in [0.1, 0.15) is 9.67 Å². The zero-order valence-electron chi connectivity index (χ0n) is 8.15. The van der Waals surface area contributed by atoms with Gasteiger partial charge in [-0.25, -0.2) is 13.2 Å². The molecule has 7 nitrogen and oxygen atoms in total. The number of carboxylic acid groups (broad SMARTS) is 1. The Morgan fingerprint density at radius 1 is 1.41 bits per heavy atom. The molecule has 2 aromatic heterocycles. The molecule has 0 saturated heterocycles. The standard InChI is InChI=1S/C8H6N2O5S2/c11-8(12)5-1-2-7(16-5)17(13,14)10-6-3-4-15-9-6/h1-4H,(H,9,10)(H,11,12). The third-order valence-electron chi connectivity index (χ3n) is 1.73. The van der Waals surface area contributed by atoms with Gasteiger partial charge in [-0.2, -0.15) is 0 Å². The molecule has 0 fully saturated rings. The van der Waals surface area contributed by atoms with Crippen molar-refractivity contribution < 1.29 is 22.8 Å². The lowest BCUT2D eigenvalue weighted by atomic mass is 10.5. The van der Waals surface area contributed by atoms with Gasteiger partial charge in [0.1, 0.15) is 15.3 Å². The van der Waals surface area contributed by atoms with Gasteiger partial charge in [0.05, 0.1) is 0 Å². The summed E-state index contributed by atoms with van der Waals surface area (Å²) < 4.78 is 30.0. The molecule has 0 aliphatic carbocycles. The van der Waals surface area contributed by atoms with E-state index in [0.717, 1.165) is 0 Å². The van der Waals surface area contributed by atoms with Gasteiger partial charge in [-0.1, -0.05) is 5.16 Å². The van der Waals surface area contributed by atoms with Crippen LogP contribution in [0.2, 0.25) is 0 Å². The average molecular weight is 274 g/mol. The van der Waals surface area contributed by atoms with Crippen LogP contribution in [0.4, 0.5) is 5.82 Å². The Morgan fingerprint density at radius 2 is 2.18 bits per heavy atom. The molecule has 0 aliphatic heterocycles. The molecule has 0 saturated carbocycles. The van der Waals surface area contributed by atoms with Gasteiger partial charge in [-0.15, -0.1) is 11.3 Å². The molecule has 0 spiro atoms. The summed E-state index contributed by atoms with van der Waals surface area (Å²) in [6.07, 6.45) is 1.22. The van der Waals surface area contributed by atoms with Gasteiger partial charge in [-0.3, -0.25) is 4.72 Å². The van der Waals surface area contributed by atoms with Crippen molar-refractivity contribution in [1.82, 2.24) is 5.16 Å². The van der Waals surface area contributed by atoms with E-state index in [1.807, 2.05) is 0 Å². The molecule has 9 heteroatoms. The number of hydrogen-bond donors (Lipinski definition) is 2. The summed E-state index contributed by atoms with van der Waals surface area (Å²) >= 11 is 0.661. The minimum atomic E-state index is -3.81. The van der Waals surface area contributed by atoms with Crippen LogP contribution >= 0.6 is 11.3 Å². The molecule has 0 bridgehead atoms. The van der Waals surface area contributed by atoms with Gasteiger partial charge in [0, 0.05) is 6.07 Å². The number of carbonyl (C=O) groups is 1. The van der Waals surface area contributed by atoms with Crippen LogP contribution in [0.25, 0.3) is 0 Å². The van der Waals surface area contributed by atoms with Crippen LogP contribution in [0, 0.1) is 0 Å². The third kappa shape index (κ3) is 2.45. The second kappa shape index (κ2) is 4.18. The highest BCUT2D eigenvalue weighted by Crippen LogP contribution is 2.23. The molecule has 2 heterocycles. The molecule has 0 aromatic carbocycles. The Balaban J connectivity index is 2.28. The maximum absolute atomic E-state index is 11.8. The molecule has 0 atom stereocenters. The molecule has 0 aliphatic rings. The van der Waals surface area contributed by atoms with Crippen molar-refractivity contribution in [2.45, 2.75) is 4.21 Å². The van der Waals surface area contributed by atoms with E-state index in [1.54, 1.807) is 0 Å². The summed E-state index contributed by atoms with van der Waals surface area (Å²) in [5, 5.41) is 12.1. The van der Waals surface area contributed by atoms with E-state index in [1.165, 1.54) is 24.5 Å². The van der Waals surface area contributed by atoms with Gasteiger partial charge < -0.3 is 9.63 Å². The van der Waals surface area contributed by atoms with Crippen LogP contribution < -0.4 is 4.72 Å². The number of thiophene rings is 1. The largest absolute Gasteiger partial charge is 0.477 e. The van der Waals surface area contributed by atoms with E-state index in [9.17, 15) is 13.2 Å². The smallest absolute Gasteiger partial charge is 0.345 e. The molecule has 2 N–H and O–H groups in total. The van der Waals surface area contributed by atoms with Gasteiger partial charge >= 0.3 is 5.97 Å². The Hall–Kier alpha value is -1.87. The topological polar surface area (TPSA) is 110 Å². The summed E-state index contributed by atoms with van der Waals surface area (Å²) in [4.78, 5) is 10.6. The number of anilines is 1. The first-order chi connectivity index (χ1) is 7.99. The Bertz CT molecular complexity index is 629. The highest BCUT2D eigenvalue weighted by molar-refractivity contribution is 7.94. The number of rotatable bonds is 4. The van der Waals surface area contributed by atoms with Crippen LogP contribution in [0.5, 0.6) is 0 Å². The number of nitrogens with one attached hydrogen (secondary N) is 1. The van der Waals surface area contributed by atoms with Crippen LogP contribution in [0.15, 0.2) is 33.2 Å². The Kier molecular flexibility index (Phi) is 2.86. The molecule has 17 heavy (non-hydrogen) atoms. The molecular formula is C8H6N2O5S2. The second-order valence-corrected chi connectivity index (χ2v) is 5.91. The molecule has 0 radical (unpaired) electrons. The Morgan fingerprint density at radius 3 is 2.71 bits per heavy atom. The van der Waals surface area contributed by atoms with E-state index in [4.69, 9.17) is 5.11 Å². The monoisotopic (exact) mass is 274 g/mol. The van der Waals surface area contributed by atoms with Crippen molar-refractivity contribution in [3.05, 3.63) is 29.3 Å². The van der Waals surface area contributed by atoms with Crippen molar-refractivity contribution in [2.24, 2.45) is 0 Å². The maximum Gasteiger partial charge on any atom is 0.345 e. The van der Waals surface area contributed by atoms with Crippen LogP contribution in [-0.2, 0) is 10.0 Å². The normalized spacial score (nSPS) is 11.3. The summed E-state index contributed by atoms with van der Waals surface area (Å²) in [6.45, 7) is 0. The average Bonchev–Trinajstić information content (AvgIpc) is 2.84. The highest BCUT2D eigenvalue weighted by atomic mass is 32.2. The van der Waals surface area contributed by atoms with Crippen molar-refractivity contribution in [3.63, 3.8) is 0 Å². The summed E-state index contributed by atoms with van der Waals surface area (Å²) in [5.41, 5.74) is 0. The van der Waals surface area contributed by atoms with E-state index >= 15 is 0 Å². The van der Waals surface area contributed by atoms with Crippen LogP contribution in [-0.4, -0.2) is 24.7 Å². The summed E-state index contributed by atoms with van der Waals surface area (Å²) in [6, 6.07) is 3.78. The number of carboxylic acids is 1. The fraction of sp³-hybridized carbons (Fsp3) is 0. The lowest BCUT2D eigenvalue weighted by Crippen LogP contribution is -2.11. The van der Waals surface area contributed by atoms with E-state index in [0.29, 0.717) is 11.3 Å². The van der Waals surface area contributed by atoms with Gasteiger partial charge in [0.2, 0.25) is 0 Å². The first kappa shape index (κ1) is 11.6. The lowest BCUT2D eigenvalue weighted by Gasteiger charge is -2.00. The Labute approximate surface area is 99.7 Å². The molecule has 0 amide bonds. The third-order valence-corrected chi connectivity index (χ3v) is 4.65. The predicted octanol–water partition coefficient (Wildman–Crippen LogP) is 1.24. The first-order valence-corrected chi connectivity index (χ1v) is 6.55. The molecule has 0 unspecified atom stereocenters. The number of sulfonamides is 1. The predicted molar refractivity (Wildman–Crippen MR) is 58.6 cm³/mol. The number of aromatic carboxylic acids is 1. The van der Waals surface area contributed by atoms with Crippen molar-refractivity contribution >= 4 is 33.1 Å². The van der Waals surface area contributed by atoms with Crippen molar-refractivity contribution in [2.75, 3.05) is 4.72 Å². The first-order valence-electron chi connectivity index (χ1n) is 4.25. The van der Waals surface area contributed by atoms with Gasteiger partial charge in [0.25, 0.3) is 10.0 Å². The second-order valence-electron chi connectivity index (χ2n) is 2.91. The van der Waals surface area contributed by atoms with Gasteiger partial charge in [0.15, 0.2) is 5.82 Å². The number of aromatic nitrogens is 1. The number of nitrogens with zero attached hydrogens (tertiary/aromatic N) is 1. The number of hydrogen-bond acceptors (Lipinski definition) is 6. The summed E-state index contributed by atoms with van der Waals surface area (Å²) in [7, 11) is -3.81. The zero-order chi connectivity index (χ0) is 12.5. The molecule has 90 valence electrons. The van der Waals surface area contributed by atoms with Gasteiger partial charge in [-0.05, 0) is 12.1 Å². The minimum Gasteiger partial charge on any atom is -0.477 e. The van der Waals surface area contributed by atoms with E-state index in [2.05, 4.69) is 14.4 Å². The molecule has 2 rings (SSSR count). The fourth-order valence-electron chi connectivity index (χ4n) is 1.03. The molecule has 2 aromatic rings. The van der Waals surface area contributed by atoms with Crippen molar-refractivity contribution in [1.29, 1.82) is 0 Å². The van der Waals surface area contributed by atoms with Crippen molar-refractivity contribution in [3.8, 4) is 0 Å². The van der Waals surface area contributed by atoms with E-state index in [-0.39, 0.29) is 14.9 Å². The highest BCUT2D eigenvalue weighted by Gasteiger charge is 2.19. The quantitative estimate of drug-likeness (QED) is 0.867. The lowest BCUT2D eigenvalue weighted by molar-refractivity contribution is 0.0702. The SMILES string of the molecule is O=C(O)c1ccc(S(=O)(=O)Nc2ccon2)s1. The maximum atomic E-state index is 11.8. The molecular weight excluding hydrogens is 268 g/mol. The van der Waals surface area contributed by atoms with E-state index < -0.39 is 16.0 Å². The minimum absolute atomic E-state index is 0.0373. The zero-order valence-corrected chi connectivity index (χ0v) is 9.79. The summed E-state index contributed by atoms with van der Waals surface area (Å²) in [5.74, 6) is -1.13. The fourth-order valence-corrected chi connectivity index (χ4v) is 3.17.